The van der Waals surface area contributed by atoms with E-state index in [9.17, 15) is 9.18 Å². The lowest BCUT2D eigenvalue weighted by atomic mass is 10.2. The molecule has 132 valence electrons. The van der Waals surface area contributed by atoms with Gasteiger partial charge in [0.25, 0.3) is 5.91 Å². The number of carbonyl (C=O) groups excluding carboxylic acids is 1. The maximum atomic E-state index is 13.6. The summed E-state index contributed by atoms with van der Waals surface area (Å²) in [5.41, 5.74) is 6.26. The van der Waals surface area contributed by atoms with Crippen molar-refractivity contribution in [3.63, 3.8) is 0 Å². The van der Waals surface area contributed by atoms with E-state index in [1.54, 1.807) is 18.3 Å². The van der Waals surface area contributed by atoms with Crippen LogP contribution in [0, 0.1) is 5.82 Å². The molecular formula is C18H22FN5O. The molecule has 1 amide bonds. The molecule has 3 aromatic rings. The first kappa shape index (κ1) is 20.0. The molecule has 0 spiro atoms. The van der Waals surface area contributed by atoms with Gasteiger partial charge in [0.2, 0.25) is 0 Å². The number of halogens is 1. The van der Waals surface area contributed by atoms with E-state index in [0.717, 1.165) is 0 Å². The van der Waals surface area contributed by atoms with Crippen molar-refractivity contribution in [3.05, 3.63) is 54.4 Å². The van der Waals surface area contributed by atoms with Gasteiger partial charge in [0.1, 0.15) is 17.3 Å². The smallest absolute Gasteiger partial charge is 0.275 e. The predicted octanol–water partition coefficient (Wildman–Crippen LogP) is 4.05. The lowest BCUT2D eigenvalue weighted by Crippen LogP contribution is -2.15. The monoisotopic (exact) mass is 343 g/mol. The standard InChI is InChI=1S/C14H10FN5O.2C2H6/c15-9-4-8-2-1-3-17-13(8)10(5-9)20-14(21)11-6-19-12(16)7-18-11;2*1-2/h1-7H,(H2,16,19)(H,20,21);2*1-2H3. The van der Waals surface area contributed by atoms with E-state index in [4.69, 9.17) is 5.73 Å². The third-order valence-electron chi connectivity index (χ3n) is 2.82. The quantitative estimate of drug-likeness (QED) is 0.732. The van der Waals surface area contributed by atoms with E-state index < -0.39 is 11.7 Å². The largest absolute Gasteiger partial charge is 0.382 e. The Hall–Kier alpha value is -3.09. The van der Waals surface area contributed by atoms with Crippen molar-refractivity contribution in [1.29, 1.82) is 0 Å². The third kappa shape index (κ3) is 5.20. The normalized spacial score (nSPS) is 9.32. The van der Waals surface area contributed by atoms with Crippen molar-refractivity contribution >= 4 is 28.3 Å². The molecule has 25 heavy (non-hydrogen) atoms. The molecule has 2 aromatic heterocycles. The fourth-order valence-electron chi connectivity index (χ4n) is 1.89. The molecule has 0 aliphatic heterocycles. The molecule has 0 fully saturated rings. The summed E-state index contributed by atoms with van der Waals surface area (Å²) in [4.78, 5) is 23.9. The van der Waals surface area contributed by atoms with Gasteiger partial charge in [-0.1, -0.05) is 33.8 Å². The molecule has 0 aliphatic rings. The van der Waals surface area contributed by atoms with Gasteiger partial charge in [-0.25, -0.2) is 14.4 Å². The Labute approximate surface area is 146 Å². The van der Waals surface area contributed by atoms with Crippen molar-refractivity contribution in [2.45, 2.75) is 27.7 Å². The van der Waals surface area contributed by atoms with Gasteiger partial charge in [0.05, 0.1) is 23.6 Å². The second-order valence-electron chi connectivity index (χ2n) is 4.31. The molecule has 1 aromatic carbocycles. The summed E-state index contributed by atoms with van der Waals surface area (Å²) in [7, 11) is 0. The molecule has 0 radical (unpaired) electrons. The van der Waals surface area contributed by atoms with E-state index in [-0.39, 0.29) is 17.2 Å². The fraction of sp³-hybridized carbons (Fsp3) is 0.222. The number of nitrogen functional groups attached to an aromatic ring is 1. The zero-order chi connectivity index (χ0) is 18.8. The van der Waals surface area contributed by atoms with Crippen LogP contribution < -0.4 is 11.1 Å². The van der Waals surface area contributed by atoms with Gasteiger partial charge in [-0.3, -0.25) is 9.78 Å². The molecule has 0 saturated heterocycles. The third-order valence-corrected chi connectivity index (χ3v) is 2.82. The molecule has 7 heteroatoms. The summed E-state index contributed by atoms with van der Waals surface area (Å²) in [6, 6.07) is 5.96. The van der Waals surface area contributed by atoms with Crippen LogP contribution in [0.15, 0.2) is 42.9 Å². The van der Waals surface area contributed by atoms with Gasteiger partial charge in [0.15, 0.2) is 0 Å². The Morgan fingerprint density at radius 1 is 1.08 bits per heavy atom. The number of carbonyl (C=O) groups is 1. The summed E-state index contributed by atoms with van der Waals surface area (Å²) < 4.78 is 13.6. The minimum Gasteiger partial charge on any atom is -0.382 e. The van der Waals surface area contributed by atoms with E-state index in [2.05, 4.69) is 20.3 Å². The van der Waals surface area contributed by atoms with Gasteiger partial charge in [-0.05, 0) is 18.2 Å². The first-order valence-corrected chi connectivity index (χ1v) is 8.06. The van der Waals surface area contributed by atoms with Crippen LogP contribution in [0.2, 0.25) is 0 Å². The van der Waals surface area contributed by atoms with Crippen LogP contribution in [0.4, 0.5) is 15.9 Å². The molecule has 0 aliphatic carbocycles. The molecule has 3 rings (SSSR count). The Morgan fingerprint density at radius 2 is 1.80 bits per heavy atom. The number of amides is 1. The number of fused-ring (bicyclic) bond motifs is 1. The Balaban J connectivity index is 0.000000730. The lowest BCUT2D eigenvalue weighted by Gasteiger charge is -2.08. The molecule has 0 atom stereocenters. The van der Waals surface area contributed by atoms with Crippen molar-refractivity contribution in [2.75, 3.05) is 11.1 Å². The maximum Gasteiger partial charge on any atom is 0.275 e. The van der Waals surface area contributed by atoms with E-state index in [0.29, 0.717) is 10.9 Å². The average Bonchev–Trinajstić information content (AvgIpc) is 2.65. The fourth-order valence-corrected chi connectivity index (χ4v) is 1.89. The second-order valence-corrected chi connectivity index (χ2v) is 4.31. The molecule has 0 unspecified atom stereocenters. The number of hydrogen-bond donors (Lipinski definition) is 2. The average molecular weight is 343 g/mol. The minimum absolute atomic E-state index is 0.0811. The highest BCUT2D eigenvalue weighted by molar-refractivity contribution is 6.07. The molecule has 2 heterocycles. The Bertz CT molecular complexity index is 821. The van der Waals surface area contributed by atoms with Crippen LogP contribution in [-0.2, 0) is 0 Å². The van der Waals surface area contributed by atoms with Crippen molar-refractivity contribution < 1.29 is 9.18 Å². The summed E-state index contributed by atoms with van der Waals surface area (Å²) in [5, 5.41) is 3.17. The van der Waals surface area contributed by atoms with Gasteiger partial charge in [0, 0.05) is 11.6 Å². The maximum absolute atomic E-state index is 13.6. The number of hydrogen-bond acceptors (Lipinski definition) is 5. The number of rotatable bonds is 2. The Morgan fingerprint density at radius 3 is 2.44 bits per heavy atom. The van der Waals surface area contributed by atoms with Gasteiger partial charge >= 0.3 is 0 Å². The summed E-state index contributed by atoms with van der Waals surface area (Å²) >= 11 is 0. The van der Waals surface area contributed by atoms with Crippen LogP contribution in [0.3, 0.4) is 0 Å². The summed E-state index contributed by atoms with van der Waals surface area (Å²) in [6.45, 7) is 8.00. The predicted molar refractivity (Wildman–Crippen MR) is 98.8 cm³/mol. The second kappa shape index (κ2) is 9.92. The molecule has 0 bridgehead atoms. The highest BCUT2D eigenvalue weighted by Gasteiger charge is 2.12. The van der Waals surface area contributed by atoms with Gasteiger partial charge in [-0.15, -0.1) is 0 Å². The number of nitrogens with zero attached hydrogens (tertiary/aromatic N) is 3. The summed E-state index contributed by atoms with van der Waals surface area (Å²) in [5.74, 6) is -0.765. The van der Waals surface area contributed by atoms with E-state index in [1.165, 1.54) is 24.5 Å². The van der Waals surface area contributed by atoms with E-state index in [1.807, 2.05) is 27.7 Å². The molecule has 3 N–H and O–H groups in total. The van der Waals surface area contributed by atoms with E-state index >= 15 is 0 Å². The van der Waals surface area contributed by atoms with Crippen LogP contribution in [0.1, 0.15) is 38.2 Å². The zero-order valence-electron chi connectivity index (χ0n) is 14.7. The lowest BCUT2D eigenvalue weighted by molar-refractivity contribution is 0.102. The van der Waals surface area contributed by atoms with Gasteiger partial charge in [-0.2, -0.15) is 0 Å². The number of anilines is 2. The highest BCUT2D eigenvalue weighted by Crippen LogP contribution is 2.23. The van der Waals surface area contributed by atoms with Crippen molar-refractivity contribution in [1.82, 2.24) is 15.0 Å². The first-order chi connectivity index (χ1) is 12.1. The topological polar surface area (TPSA) is 93.8 Å². The van der Waals surface area contributed by atoms with Crippen LogP contribution >= 0.6 is 0 Å². The number of aromatic nitrogens is 3. The molecular weight excluding hydrogens is 321 g/mol. The molecule has 0 saturated carbocycles. The Kier molecular flexibility index (Phi) is 7.92. The number of benzene rings is 1. The first-order valence-electron chi connectivity index (χ1n) is 8.06. The number of nitrogens with two attached hydrogens (primary N) is 1. The number of nitrogens with one attached hydrogen (secondary N) is 1. The van der Waals surface area contributed by atoms with Crippen molar-refractivity contribution in [3.8, 4) is 0 Å². The SMILES string of the molecule is CC.CC.Nc1cnc(C(=O)Nc2cc(F)cc3cccnc23)cn1. The number of pyridine rings is 1. The molecule has 6 nitrogen and oxygen atoms in total. The van der Waals surface area contributed by atoms with Gasteiger partial charge < -0.3 is 11.1 Å². The van der Waals surface area contributed by atoms with Crippen LogP contribution in [-0.4, -0.2) is 20.9 Å². The van der Waals surface area contributed by atoms with Crippen LogP contribution in [0.5, 0.6) is 0 Å². The van der Waals surface area contributed by atoms with Crippen LogP contribution in [0.25, 0.3) is 10.9 Å². The minimum atomic E-state index is -0.514. The highest BCUT2D eigenvalue weighted by atomic mass is 19.1. The zero-order valence-corrected chi connectivity index (χ0v) is 14.7. The summed E-state index contributed by atoms with van der Waals surface area (Å²) in [6.07, 6.45) is 4.09. The van der Waals surface area contributed by atoms with Crippen molar-refractivity contribution in [2.24, 2.45) is 0 Å².